The molecule has 0 spiro atoms. The van der Waals surface area contributed by atoms with Gasteiger partial charge in [-0.1, -0.05) is 0 Å². The van der Waals surface area contributed by atoms with Crippen molar-refractivity contribution >= 4 is 0 Å². The predicted octanol–water partition coefficient (Wildman–Crippen LogP) is -2.69. The van der Waals surface area contributed by atoms with Crippen LogP contribution in [0.1, 0.15) is 6.42 Å². The molecule has 0 unspecified atom stereocenters. The number of hydrogen-bond donors (Lipinski definition) is 1. The van der Waals surface area contributed by atoms with E-state index in [1.807, 2.05) is 7.05 Å². The summed E-state index contributed by atoms with van der Waals surface area (Å²) in [5, 5.41) is 3.13. The van der Waals surface area contributed by atoms with Crippen molar-refractivity contribution in [2.24, 2.45) is 0 Å². The lowest BCUT2D eigenvalue weighted by Crippen LogP contribution is -3.00. The largest absolute Gasteiger partial charge is 1.00 e. The molecule has 0 heterocycles. The third-order valence-electron chi connectivity index (χ3n) is 1.26. The molecule has 10 heavy (non-hydrogen) atoms. The molecule has 1 N–H and O–H groups in total. The van der Waals surface area contributed by atoms with Crippen LogP contribution in [0.25, 0.3) is 0 Å². The SMILES string of the molecule is CNCCC[N+](C)(C)C.[Cl-]. The summed E-state index contributed by atoms with van der Waals surface area (Å²) in [5.74, 6) is 0. The second kappa shape index (κ2) is 5.96. The number of halogens is 1. The van der Waals surface area contributed by atoms with Crippen LogP contribution in [0.5, 0.6) is 0 Å². The van der Waals surface area contributed by atoms with Gasteiger partial charge in [-0.05, 0) is 7.05 Å². The molecule has 0 amide bonds. The van der Waals surface area contributed by atoms with Crippen LogP contribution in [0.15, 0.2) is 0 Å². The van der Waals surface area contributed by atoms with E-state index in [2.05, 4.69) is 26.5 Å². The first-order valence-electron chi connectivity index (χ1n) is 3.51. The van der Waals surface area contributed by atoms with Gasteiger partial charge in [0, 0.05) is 13.0 Å². The minimum absolute atomic E-state index is 0. The molecule has 0 aromatic heterocycles. The Morgan fingerprint density at radius 3 is 2.00 bits per heavy atom. The predicted molar refractivity (Wildman–Crippen MR) is 41.4 cm³/mol. The van der Waals surface area contributed by atoms with Crippen LogP contribution in [0.3, 0.4) is 0 Å². The molecule has 0 rings (SSSR count). The Balaban J connectivity index is 0. The topological polar surface area (TPSA) is 12.0 Å². The van der Waals surface area contributed by atoms with E-state index in [1.165, 1.54) is 13.0 Å². The molecular formula is C7H19ClN2. The van der Waals surface area contributed by atoms with Gasteiger partial charge in [0.25, 0.3) is 0 Å². The second-order valence-electron chi connectivity index (χ2n) is 3.47. The van der Waals surface area contributed by atoms with Crippen molar-refractivity contribution in [1.29, 1.82) is 0 Å². The lowest BCUT2D eigenvalue weighted by atomic mass is 10.4. The summed E-state index contributed by atoms with van der Waals surface area (Å²) in [5.41, 5.74) is 0. The Bertz CT molecular complexity index is 68.5. The fourth-order valence-corrected chi connectivity index (χ4v) is 0.730. The van der Waals surface area contributed by atoms with Gasteiger partial charge in [-0.15, -0.1) is 0 Å². The van der Waals surface area contributed by atoms with Gasteiger partial charge in [0.2, 0.25) is 0 Å². The zero-order valence-corrected chi connectivity index (χ0v) is 8.20. The fourth-order valence-electron chi connectivity index (χ4n) is 0.730. The van der Waals surface area contributed by atoms with Crippen molar-refractivity contribution in [3.63, 3.8) is 0 Å². The Morgan fingerprint density at radius 1 is 1.20 bits per heavy atom. The number of rotatable bonds is 4. The normalized spacial score (nSPS) is 10.8. The first-order valence-corrected chi connectivity index (χ1v) is 3.51. The maximum absolute atomic E-state index is 3.13. The van der Waals surface area contributed by atoms with Crippen LogP contribution in [0.2, 0.25) is 0 Å². The van der Waals surface area contributed by atoms with E-state index >= 15 is 0 Å². The molecule has 0 aromatic rings. The molecule has 0 aliphatic rings. The Hall–Kier alpha value is 0.210. The van der Waals surface area contributed by atoms with Crippen molar-refractivity contribution in [2.75, 3.05) is 41.3 Å². The van der Waals surface area contributed by atoms with E-state index in [0.717, 1.165) is 11.0 Å². The van der Waals surface area contributed by atoms with Crippen LogP contribution in [0.4, 0.5) is 0 Å². The molecule has 64 valence electrons. The van der Waals surface area contributed by atoms with Gasteiger partial charge in [-0.2, -0.15) is 0 Å². The van der Waals surface area contributed by atoms with E-state index in [9.17, 15) is 0 Å². The van der Waals surface area contributed by atoms with E-state index in [4.69, 9.17) is 0 Å². The summed E-state index contributed by atoms with van der Waals surface area (Å²) in [4.78, 5) is 0. The van der Waals surface area contributed by atoms with Crippen LogP contribution in [0, 0.1) is 0 Å². The van der Waals surface area contributed by atoms with Gasteiger partial charge in [-0.3, -0.25) is 0 Å². The lowest BCUT2D eigenvalue weighted by molar-refractivity contribution is -0.870. The molecule has 0 aliphatic carbocycles. The monoisotopic (exact) mass is 166 g/mol. The van der Waals surface area contributed by atoms with Crippen molar-refractivity contribution < 1.29 is 16.9 Å². The first-order chi connectivity index (χ1) is 4.06. The summed E-state index contributed by atoms with van der Waals surface area (Å²) in [7, 11) is 8.65. The smallest absolute Gasteiger partial charge is 0.0792 e. The first kappa shape index (κ1) is 12.8. The minimum atomic E-state index is 0. The van der Waals surface area contributed by atoms with Gasteiger partial charge in [-0.25, -0.2) is 0 Å². The quantitative estimate of drug-likeness (QED) is 0.354. The third-order valence-corrected chi connectivity index (χ3v) is 1.26. The highest BCUT2D eigenvalue weighted by Gasteiger charge is 2.03. The maximum Gasteiger partial charge on any atom is 0.0792 e. The van der Waals surface area contributed by atoms with Crippen molar-refractivity contribution in [1.82, 2.24) is 5.32 Å². The summed E-state index contributed by atoms with van der Waals surface area (Å²) in [6.45, 7) is 2.39. The van der Waals surface area contributed by atoms with Gasteiger partial charge in [0.15, 0.2) is 0 Å². The summed E-state index contributed by atoms with van der Waals surface area (Å²) < 4.78 is 1.07. The zero-order valence-electron chi connectivity index (χ0n) is 7.45. The maximum atomic E-state index is 3.13. The highest BCUT2D eigenvalue weighted by molar-refractivity contribution is 4.37. The molecule has 0 aromatic carbocycles. The van der Waals surface area contributed by atoms with Crippen molar-refractivity contribution in [3.05, 3.63) is 0 Å². The van der Waals surface area contributed by atoms with Crippen molar-refractivity contribution in [2.45, 2.75) is 6.42 Å². The molecule has 2 nitrogen and oxygen atoms in total. The highest BCUT2D eigenvalue weighted by atomic mass is 35.5. The van der Waals surface area contributed by atoms with Crippen LogP contribution in [-0.4, -0.2) is 45.8 Å². The molecule has 0 saturated carbocycles. The Labute approximate surface area is 70.6 Å². The van der Waals surface area contributed by atoms with Crippen LogP contribution >= 0.6 is 0 Å². The van der Waals surface area contributed by atoms with Crippen LogP contribution in [-0.2, 0) is 0 Å². The van der Waals surface area contributed by atoms with Crippen molar-refractivity contribution in [3.8, 4) is 0 Å². The molecule has 0 radical (unpaired) electrons. The minimum Gasteiger partial charge on any atom is -1.00 e. The molecule has 0 bridgehead atoms. The van der Waals surface area contributed by atoms with E-state index in [0.29, 0.717) is 0 Å². The van der Waals surface area contributed by atoms with Gasteiger partial charge < -0.3 is 22.2 Å². The molecular weight excluding hydrogens is 148 g/mol. The molecule has 0 saturated heterocycles. The summed E-state index contributed by atoms with van der Waals surface area (Å²) >= 11 is 0. The van der Waals surface area contributed by atoms with Crippen LogP contribution < -0.4 is 17.7 Å². The van der Waals surface area contributed by atoms with E-state index in [1.54, 1.807) is 0 Å². The summed E-state index contributed by atoms with van der Waals surface area (Å²) in [6.07, 6.45) is 1.26. The average molecular weight is 167 g/mol. The molecule has 0 fully saturated rings. The second-order valence-corrected chi connectivity index (χ2v) is 3.47. The Kier molecular flexibility index (Phi) is 7.65. The average Bonchev–Trinajstić information content (AvgIpc) is 1.63. The lowest BCUT2D eigenvalue weighted by Gasteiger charge is -2.23. The van der Waals surface area contributed by atoms with E-state index < -0.39 is 0 Å². The number of nitrogens with zero attached hydrogens (tertiary/aromatic N) is 1. The van der Waals surface area contributed by atoms with Gasteiger partial charge >= 0.3 is 0 Å². The zero-order chi connectivity index (χ0) is 7.33. The molecule has 3 heteroatoms. The van der Waals surface area contributed by atoms with E-state index in [-0.39, 0.29) is 12.4 Å². The highest BCUT2D eigenvalue weighted by Crippen LogP contribution is 1.90. The Morgan fingerprint density at radius 2 is 1.70 bits per heavy atom. The number of quaternary nitrogens is 1. The number of hydrogen-bond acceptors (Lipinski definition) is 1. The standard InChI is InChI=1S/C7H19N2.ClH/c1-8-6-5-7-9(2,3)4;/h8H,5-7H2,1-4H3;1H/q+1;/p-1. The fraction of sp³-hybridized carbons (Fsp3) is 1.00. The molecule has 0 atom stereocenters. The third kappa shape index (κ3) is 11.1. The van der Waals surface area contributed by atoms with Gasteiger partial charge in [0.05, 0.1) is 27.7 Å². The summed E-state index contributed by atoms with van der Waals surface area (Å²) in [6, 6.07) is 0. The number of nitrogens with one attached hydrogen (secondary N) is 1. The van der Waals surface area contributed by atoms with Gasteiger partial charge in [0.1, 0.15) is 0 Å². The molecule has 0 aliphatic heterocycles.